The maximum absolute atomic E-state index is 10.6. The zero-order chi connectivity index (χ0) is 26.8. The maximum atomic E-state index is 10.6. The second kappa shape index (κ2) is 13.5. The van der Waals surface area contributed by atoms with Crippen LogP contribution >= 0.6 is 0 Å². The topological polar surface area (TPSA) is 66.8 Å². The first-order valence-corrected chi connectivity index (χ1v) is 13.5. The lowest BCUT2D eigenvalue weighted by Gasteiger charge is -2.34. The van der Waals surface area contributed by atoms with Gasteiger partial charge in [0.05, 0.1) is 6.61 Å². The second-order valence-corrected chi connectivity index (χ2v) is 9.84. The van der Waals surface area contributed by atoms with Crippen molar-refractivity contribution in [3.63, 3.8) is 0 Å². The molecule has 2 aromatic carbocycles. The number of aliphatic hydroxyl groups is 1. The molecule has 0 heterocycles. The molecule has 0 radical (unpaired) electrons. The van der Waals surface area contributed by atoms with E-state index in [1.165, 1.54) is 11.1 Å². The van der Waals surface area contributed by atoms with Crippen LogP contribution in [-0.4, -0.2) is 28.4 Å². The average Bonchev–Trinajstić information content (AvgIpc) is 2.87. The summed E-state index contributed by atoms with van der Waals surface area (Å²) in [5.74, 6) is 6.45. The predicted molar refractivity (Wildman–Crippen MR) is 148 cm³/mol. The Kier molecular flexibility index (Phi) is 11.1. The molecule has 0 aliphatic carbocycles. The van der Waals surface area contributed by atoms with Crippen molar-refractivity contribution in [2.45, 2.75) is 104 Å². The highest BCUT2D eigenvalue weighted by Gasteiger charge is 2.31. The van der Waals surface area contributed by atoms with Gasteiger partial charge in [-0.25, -0.2) is 0 Å². The van der Waals surface area contributed by atoms with E-state index in [0.29, 0.717) is 25.9 Å². The molecular weight excluding hydrogens is 448 g/mol. The normalized spacial score (nSPS) is 11.6. The molecule has 0 fully saturated rings. The number of aryl methyl sites for hydroxylation is 2. The molecular formula is C32H44O4. The first-order valence-electron chi connectivity index (χ1n) is 13.5. The summed E-state index contributed by atoms with van der Waals surface area (Å²) in [6.45, 7) is 13.2. The number of carbonyl (C=O) groups is 1. The van der Waals surface area contributed by atoms with Crippen LogP contribution in [-0.2, 0) is 10.2 Å². The third-order valence-electron chi connectivity index (χ3n) is 7.61. The average molecular weight is 493 g/mol. The molecule has 0 atom stereocenters. The van der Waals surface area contributed by atoms with Crippen molar-refractivity contribution in [1.29, 1.82) is 0 Å². The van der Waals surface area contributed by atoms with Gasteiger partial charge in [-0.05, 0) is 93.2 Å². The molecule has 196 valence electrons. The molecule has 0 unspecified atom stereocenters. The van der Waals surface area contributed by atoms with Crippen molar-refractivity contribution < 1.29 is 19.7 Å². The van der Waals surface area contributed by atoms with E-state index >= 15 is 0 Å². The van der Waals surface area contributed by atoms with Gasteiger partial charge in [0.2, 0.25) is 0 Å². The van der Waals surface area contributed by atoms with Gasteiger partial charge in [-0.3, -0.25) is 4.79 Å². The molecule has 2 rings (SSSR count). The van der Waals surface area contributed by atoms with Crippen LogP contribution in [0.1, 0.15) is 107 Å². The van der Waals surface area contributed by atoms with Gasteiger partial charge in [0.15, 0.2) is 0 Å². The fourth-order valence-corrected chi connectivity index (χ4v) is 4.79. The molecule has 0 saturated heterocycles. The minimum atomic E-state index is -0.929. The first kappa shape index (κ1) is 29.5. The van der Waals surface area contributed by atoms with Crippen molar-refractivity contribution in [3.8, 4) is 17.6 Å². The minimum absolute atomic E-state index is 0.107. The lowest BCUT2D eigenvalue weighted by atomic mass is 9.70. The SMILES string of the molecule is CCC(O)(C#Cc1ccc(C(CC)(CC)c2ccc(OCCCCCC(=O)O)c(C)c2)cc1C)CC. The number of hydrogen-bond donors (Lipinski definition) is 2. The standard InChI is InChI=1S/C32H44O4/c1-7-31(35,8-2)20-19-26-15-16-27(22-24(26)5)32(9-3,10-4)28-17-18-29(25(6)23-28)36-21-13-11-12-14-30(33)34/h15-18,22-23,35H,7-14,21H2,1-6H3,(H,33,34). The molecule has 0 bridgehead atoms. The Morgan fingerprint density at radius 1 is 0.861 bits per heavy atom. The number of hydrogen-bond acceptors (Lipinski definition) is 3. The third-order valence-corrected chi connectivity index (χ3v) is 7.61. The molecule has 4 nitrogen and oxygen atoms in total. The van der Waals surface area contributed by atoms with Gasteiger partial charge in [-0.2, -0.15) is 0 Å². The van der Waals surface area contributed by atoms with Crippen LogP contribution in [0.2, 0.25) is 0 Å². The van der Waals surface area contributed by atoms with Gasteiger partial charge < -0.3 is 14.9 Å². The highest BCUT2D eigenvalue weighted by atomic mass is 16.5. The molecule has 0 aliphatic rings. The summed E-state index contributed by atoms with van der Waals surface area (Å²) in [6, 6.07) is 13.1. The predicted octanol–water partition coefficient (Wildman–Crippen LogP) is 7.34. The highest BCUT2D eigenvalue weighted by Crippen LogP contribution is 2.41. The summed E-state index contributed by atoms with van der Waals surface area (Å²) in [5, 5.41) is 19.3. The van der Waals surface area contributed by atoms with Gasteiger partial charge in [0.1, 0.15) is 11.4 Å². The van der Waals surface area contributed by atoms with Gasteiger partial charge >= 0.3 is 5.97 Å². The summed E-state index contributed by atoms with van der Waals surface area (Å²) in [6.07, 6.45) is 5.80. The van der Waals surface area contributed by atoms with Crippen molar-refractivity contribution in [2.75, 3.05) is 6.61 Å². The molecule has 2 N–H and O–H groups in total. The number of benzene rings is 2. The lowest BCUT2D eigenvalue weighted by Crippen LogP contribution is -2.26. The number of carboxylic acid groups (broad SMARTS) is 1. The van der Waals surface area contributed by atoms with E-state index in [1.807, 2.05) is 13.8 Å². The molecule has 2 aromatic rings. The summed E-state index contributed by atoms with van der Waals surface area (Å²) in [5.41, 5.74) is 4.73. The largest absolute Gasteiger partial charge is 0.493 e. The van der Waals surface area contributed by atoms with Crippen molar-refractivity contribution in [3.05, 3.63) is 64.2 Å². The fourth-order valence-electron chi connectivity index (χ4n) is 4.79. The second-order valence-electron chi connectivity index (χ2n) is 9.84. The van der Waals surface area contributed by atoms with E-state index in [-0.39, 0.29) is 11.8 Å². The minimum Gasteiger partial charge on any atom is -0.493 e. The Hall–Kier alpha value is -2.77. The van der Waals surface area contributed by atoms with E-state index in [9.17, 15) is 9.90 Å². The number of rotatable bonds is 13. The van der Waals surface area contributed by atoms with E-state index in [0.717, 1.165) is 48.1 Å². The Morgan fingerprint density at radius 3 is 2.00 bits per heavy atom. The maximum Gasteiger partial charge on any atom is 0.303 e. The van der Waals surface area contributed by atoms with Crippen LogP contribution in [0.4, 0.5) is 0 Å². The first-order chi connectivity index (χ1) is 17.1. The Balaban J connectivity index is 2.25. The summed E-state index contributed by atoms with van der Waals surface area (Å²) < 4.78 is 6.01. The smallest absolute Gasteiger partial charge is 0.303 e. The van der Waals surface area contributed by atoms with Crippen molar-refractivity contribution in [2.24, 2.45) is 0 Å². The molecule has 36 heavy (non-hydrogen) atoms. The van der Waals surface area contributed by atoms with Crippen LogP contribution < -0.4 is 4.74 Å². The zero-order valence-electron chi connectivity index (χ0n) is 23.0. The van der Waals surface area contributed by atoms with Gasteiger partial charge in [-0.15, -0.1) is 0 Å². The molecule has 0 aromatic heterocycles. The highest BCUT2D eigenvalue weighted by molar-refractivity contribution is 5.66. The zero-order valence-corrected chi connectivity index (χ0v) is 23.0. The molecule has 0 saturated carbocycles. The third kappa shape index (κ3) is 7.37. The Labute approximate surface area is 218 Å². The molecule has 0 aliphatic heterocycles. The number of aliphatic carboxylic acids is 1. The van der Waals surface area contributed by atoms with E-state index in [1.54, 1.807) is 0 Å². The Bertz CT molecular complexity index is 1070. The van der Waals surface area contributed by atoms with Gasteiger partial charge in [0, 0.05) is 17.4 Å². The molecule has 4 heteroatoms. The van der Waals surface area contributed by atoms with E-state index < -0.39 is 11.6 Å². The molecule has 0 spiro atoms. The lowest BCUT2D eigenvalue weighted by molar-refractivity contribution is -0.137. The van der Waals surface area contributed by atoms with E-state index in [2.05, 4.69) is 75.9 Å². The van der Waals surface area contributed by atoms with Crippen LogP contribution in [0.15, 0.2) is 36.4 Å². The van der Waals surface area contributed by atoms with Gasteiger partial charge in [0.25, 0.3) is 0 Å². The monoisotopic (exact) mass is 492 g/mol. The summed E-state index contributed by atoms with van der Waals surface area (Å²) in [4.78, 5) is 10.6. The van der Waals surface area contributed by atoms with Crippen molar-refractivity contribution in [1.82, 2.24) is 0 Å². The summed E-state index contributed by atoms with van der Waals surface area (Å²) in [7, 11) is 0. The van der Waals surface area contributed by atoms with Crippen LogP contribution in [0.25, 0.3) is 0 Å². The number of unbranched alkanes of at least 4 members (excludes halogenated alkanes) is 2. The van der Waals surface area contributed by atoms with Crippen LogP contribution in [0.3, 0.4) is 0 Å². The fraction of sp³-hybridized carbons (Fsp3) is 0.531. The molecule has 0 amide bonds. The summed E-state index contributed by atoms with van der Waals surface area (Å²) >= 11 is 0. The Morgan fingerprint density at radius 2 is 1.47 bits per heavy atom. The van der Waals surface area contributed by atoms with Gasteiger partial charge in [-0.1, -0.05) is 63.8 Å². The van der Waals surface area contributed by atoms with Crippen molar-refractivity contribution >= 4 is 5.97 Å². The van der Waals surface area contributed by atoms with E-state index in [4.69, 9.17) is 9.84 Å². The van der Waals surface area contributed by atoms with Crippen LogP contribution in [0.5, 0.6) is 5.75 Å². The quantitative estimate of drug-likeness (QED) is 0.227. The number of ether oxygens (including phenoxy) is 1. The van der Waals surface area contributed by atoms with Crippen LogP contribution in [0, 0.1) is 25.7 Å². The number of carboxylic acids is 1.